The van der Waals surface area contributed by atoms with Gasteiger partial charge in [-0.05, 0) is 92.4 Å². The monoisotopic (exact) mass is 667 g/mol. The number of carbonyl (C=O) groups excluding carboxylic acids is 3. The third-order valence-electron chi connectivity index (χ3n) is 8.51. The van der Waals surface area contributed by atoms with Crippen molar-refractivity contribution in [3.63, 3.8) is 0 Å². The zero-order valence-electron chi connectivity index (χ0n) is 27.5. The van der Waals surface area contributed by atoms with E-state index in [1.165, 1.54) is 0 Å². The first kappa shape index (κ1) is 34.7. The summed E-state index contributed by atoms with van der Waals surface area (Å²) in [6.45, 7) is 0.623. The predicted molar refractivity (Wildman–Crippen MR) is 184 cm³/mol. The summed E-state index contributed by atoms with van der Waals surface area (Å²) in [6, 6.07) is 21.4. The summed E-state index contributed by atoms with van der Waals surface area (Å²) < 4.78 is 0. The third kappa shape index (κ3) is 9.93. The zero-order valence-corrected chi connectivity index (χ0v) is 27.5. The number of para-hydroxylation sites is 1. The van der Waals surface area contributed by atoms with Gasteiger partial charge in [-0.25, -0.2) is 4.79 Å². The average molecular weight is 668 g/mol. The smallest absolute Gasteiger partial charge is 0.404 e. The number of nitrogens with one attached hydrogen (secondary N) is 5. The molecule has 4 aromatic rings. The highest BCUT2D eigenvalue weighted by Gasteiger charge is 2.30. The molecule has 0 spiro atoms. The van der Waals surface area contributed by atoms with Crippen molar-refractivity contribution in [3.8, 4) is 22.5 Å². The quantitative estimate of drug-likeness (QED) is 0.123. The normalized spacial score (nSPS) is 16.4. The van der Waals surface area contributed by atoms with Crippen LogP contribution in [0, 0.1) is 11.8 Å². The van der Waals surface area contributed by atoms with Gasteiger partial charge in [0.2, 0.25) is 23.5 Å². The van der Waals surface area contributed by atoms with Crippen LogP contribution in [0.15, 0.2) is 72.8 Å². The molecule has 0 aliphatic heterocycles. The van der Waals surface area contributed by atoms with Crippen LogP contribution >= 0.6 is 0 Å². The second-order valence-electron chi connectivity index (χ2n) is 12.5. The molecular formula is C35H41N9O5. The minimum Gasteiger partial charge on any atom is -0.465 e. The highest BCUT2D eigenvalue weighted by Crippen LogP contribution is 2.30. The standard InChI is InChI=1S/C35H41N9O5/c1-44(2)21-31(45)38-29-6-4-3-5-28(29)24-11-7-22(8-12-24)19-30(39-33(46)26-13-9-23(10-14-26)20-36-35(48)49)34(47)37-27-17-15-25(16-18-27)32-40-42-43-41-32/h3-8,11-12,15-18,23,26,30,36H,9-10,13-14,19-21H2,1-2H3,(H,37,47)(H,38,45)(H,39,46)(H,48,49)(H,40,41,42,43)/t23?,26?,30-/m0/s1. The van der Waals surface area contributed by atoms with Gasteiger partial charge in [0.25, 0.3) is 0 Å². The molecule has 14 nitrogen and oxygen atoms in total. The van der Waals surface area contributed by atoms with Crippen LogP contribution in [-0.4, -0.2) is 87.7 Å². The molecule has 1 aromatic heterocycles. The average Bonchev–Trinajstić information content (AvgIpc) is 3.63. The van der Waals surface area contributed by atoms with E-state index < -0.39 is 12.1 Å². The van der Waals surface area contributed by atoms with Gasteiger partial charge < -0.3 is 31.3 Å². The molecule has 0 saturated heterocycles. The van der Waals surface area contributed by atoms with Crippen LogP contribution in [-0.2, 0) is 20.8 Å². The number of carboxylic acid groups (broad SMARTS) is 1. The molecule has 256 valence electrons. The number of H-pyrrole nitrogens is 1. The van der Waals surface area contributed by atoms with Crippen molar-refractivity contribution >= 4 is 35.2 Å². The Morgan fingerprint density at radius 2 is 1.59 bits per heavy atom. The van der Waals surface area contributed by atoms with Gasteiger partial charge in [0, 0.05) is 41.4 Å². The highest BCUT2D eigenvalue weighted by molar-refractivity contribution is 5.98. The lowest BCUT2D eigenvalue weighted by molar-refractivity contribution is -0.130. The molecule has 6 N–H and O–H groups in total. The van der Waals surface area contributed by atoms with E-state index in [2.05, 4.69) is 41.9 Å². The Morgan fingerprint density at radius 3 is 2.24 bits per heavy atom. The summed E-state index contributed by atoms with van der Waals surface area (Å²) in [5.74, 6) is -0.340. The zero-order chi connectivity index (χ0) is 34.8. The summed E-state index contributed by atoms with van der Waals surface area (Å²) in [4.78, 5) is 52.3. The predicted octanol–water partition coefficient (Wildman–Crippen LogP) is 3.77. The van der Waals surface area contributed by atoms with Gasteiger partial charge in [-0.3, -0.25) is 14.4 Å². The third-order valence-corrected chi connectivity index (χ3v) is 8.51. The Morgan fingerprint density at radius 1 is 0.898 bits per heavy atom. The van der Waals surface area contributed by atoms with Crippen LogP contribution in [0.1, 0.15) is 31.2 Å². The van der Waals surface area contributed by atoms with Crippen LogP contribution in [0.3, 0.4) is 0 Å². The Balaban J connectivity index is 1.29. The second kappa shape index (κ2) is 16.5. The Hall–Kier alpha value is -5.63. The van der Waals surface area contributed by atoms with Crippen LogP contribution in [0.2, 0.25) is 0 Å². The summed E-state index contributed by atoms with van der Waals surface area (Å²) in [5.41, 5.74) is 4.57. The molecule has 1 fully saturated rings. The number of aromatic amines is 1. The van der Waals surface area contributed by atoms with Crippen molar-refractivity contribution in [3.05, 3.63) is 78.4 Å². The minimum atomic E-state index is -1.05. The molecule has 5 rings (SSSR count). The molecular weight excluding hydrogens is 626 g/mol. The van der Waals surface area contributed by atoms with Gasteiger partial charge in [0.15, 0.2) is 0 Å². The molecule has 1 heterocycles. The highest BCUT2D eigenvalue weighted by atomic mass is 16.4. The van der Waals surface area contributed by atoms with Crippen molar-refractivity contribution in [1.29, 1.82) is 0 Å². The van der Waals surface area contributed by atoms with Gasteiger partial charge in [0.05, 0.1) is 6.54 Å². The van der Waals surface area contributed by atoms with Gasteiger partial charge in [-0.15, -0.1) is 10.2 Å². The van der Waals surface area contributed by atoms with Crippen molar-refractivity contribution < 1.29 is 24.3 Å². The van der Waals surface area contributed by atoms with Crippen LogP contribution in [0.4, 0.5) is 16.2 Å². The first-order valence-corrected chi connectivity index (χ1v) is 16.2. The Kier molecular flexibility index (Phi) is 11.7. The van der Waals surface area contributed by atoms with Gasteiger partial charge in [0.1, 0.15) is 6.04 Å². The molecule has 0 unspecified atom stereocenters. The fourth-order valence-electron chi connectivity index (χ4n) is 5.95. The van der Waals surface area contributed by atoms with Crippen molar-refractivity contribution in [1.82, 2.24) is 36.2 Å². The number of tetrazole rings is 1. The molecule has 0 radical (unpaired) electrons. The molecule has 1 aliphatic rings. The fraction of sp³-hybridized carbons (Fsp3) is 0.343. The number of anilines is 2. The summed E-state index contributed by atoms with van der Waals surface area (Å²) in [6.07, 6.45) is 1.87. The lowest BCUT2D eigenvalue weighted by Gasteiger charge is -2.29. The first-order chi connectivity index (χ1) is 23.6. The number of amides is 4. The summed E-state index contributed by atoms with van der Waals surface area (Å²) in [5, 5.41) is 34.2. The SMILES string of the molecule is CN(C)CC(=O)Nc1ccccc1-c1ccc(C[C@H](NC(=O)C2CCC(CNC(=O)O)CC2)C(=O)Nc2ccc(-c3nn[nH]n3)cc2)cc1. The van der Waals surface area contributed by atoms with Crippen LogP contribution in [0.25, 0.3) is 22.5 Å². The molecule has 49 heavy (non-hydrogen) atoms. The molecule has 1 aliphatic carbocycles. The fourth-order valence-corrected chi connectivity index (χ4v) is 5.95. The number of carbonyl (C=O) groups is 4. The van der Waals surface area contributed by atoms with E-state index in [4.69, 9.17) is 5.11 Å². The topological polar surface area (TPSA) is 194 Å². The van der Waals surface area contributed by atoms with E-state index in [1.54, 1.807) is 29.2 Å². The number of nitrogens with zero attached hydrogens (tertiary/aromatic N) is 4. The number of likely N-dealkylation sites (N-methyl/N-ethyl adjacent to an activating group) is 1. The van der Waals surface area contributed by atoms with Crippen molar-refractivity contribution in [2.24, 2.45) is 11.8 Å². The molecule has 1 saturated carbocycles. The van der Waals surface area contributed by atoms with E-state index in [1.807, 2.05) is 62.6 Å². The van der Waals surface area contributed by atoms with Crippen LogP contribution < -0.4 is 21.3 Å². The number of benzene rings is 3. The largest absolute Gasteiger partial charge is 0.465 e. The number of hydrogen-bond donors (Lipinski definition) is 6. The van der Waals surface area contributed by atoms with Gasteiger partial charge >= 0.3 is 6.09 Å². The van der Waals surface area contributed by atoms with Gasteiger partial charge in [-0.1, -0.05) is 42.5 Å². The maximum atomic E-state index is 13.7. The first-order valence-electron chi connectivity index (χ1n) is 16.2. The molecule has 4 amide bonds. The van der Waals surface area contributed by atoms with Crippen molar-refractivity contribution in [2.45, 2.75) is 38.1 Å². The second-order valence-corrected chi connectivity index (χ2v) is 12.5. The maximum Gasteiger partial charge on any atom is 0.404 e. The minimum absolute atomic E-state index is 0.117. The Labute approximate surface area is 284 Å². The summed E-state index contributed by atoms with van der Waals surface area (Å²) >= 11 is 0. The Bertz CT molecular complexity index is 1720. The molecule has 1 atom stereocenters. The van der Waals surface area contributed by atoms with E-state index in [-0.39, 0.29) is 42.5 Å². The van der Waals surface area contributed by atoms with E-state index >= 15 is 0 Å². The number of rotatable bonds is 13. The maximum absolute atomic E-state index is 13.7. The molecule has 3 aromatic carbocycles. The van der Waals surface area contributed by atoms with E-state index in [0.29, 0.717) is 36.6 Å². The van der Waals surface area contributed by atoms with E-state index in [9.17, 15) is 19.2 Å². The lowest BCUT2D eigenvalue weighted by Crippen LogP contribution is -2.48. The van der Waals surface area contributed by atoms with Crippen LogP contribution in [0.5, 0.6) is 0 Å². The summed E-state index contributed by atoms with van der Waals surface area (Å²) in [7, 11) is 3.67. The number of aromatic nitrogens is 4. The lowest BCUT2D eigenvalue weighted by atomic mass is 9.81. The molecule has 14 heteroatoms. The van der Waals surface area contributed by atoms with E-state index in [0.717, 1.165) is 35.1 Å². The number of hydrogen-bond acceptors (Lipinski definition) is 8. The molecule has 0 bridgehead atoms. The van der Waals surface area contributed by atoms with Crippen molar-refractivity contribution in [2.75, 3.05) is 37.8 Å². The van der Waals surface area contributed by atoms with Gasteiger partial charge in [-0.2, -0.15) is 5.21 Å².